The van der Waals surface area contributed by atoms with Crippen molar-refractivity contribution in [1.29, 1.82) is 0 Å². The van der Waals surface area contributed by atoms with E-state index in [1.54, 1.807) is 26.4 Å². The van der Waals surface area contributed by atoms with Crippen molar-refractivity contribution in [3.63, 3.8) is 0 Å². The second-order valence-electron chi connectivity index (χ2n) is 9.38. The molecule has 1 aromatic heterocycles. The monoisotopic (exact) mass is 547 g/mol. The Morgan fingerprint density at radius 1 is 0.973 bits per heavy atom. The third-order valence-corrected chi connectivity index (χ3v) is 7.69. The predicted molar refractivity (Wildman–Crippen MR) is 146 cm³/mol. The van der Waals surface area contributed by atoms with Crippen LogP contribution in [-0.2, 0) is 17.8 Å². The van der Waals surface area contributed by atoms with Crippen LogP contribution in [0.1, 0.15) is 30.7 Å². The lowest BCUT2D eigenvalue weighted by molar-refractivity contribution is -0.0839. The van der Waals surface area contributed by atoms with E-state index in [0.717, 1.165) is 62.8 Å². The average molecular weight is 549 g/mol. The number of aromatic nitrogens is 2. The first-order valence-corrected chi connectivity index (χ1v) is 13.3. The van der Waals surface area contributed by atoms with Gasteiger partial charge in [-0.2, -0.15) is 0 Å². The molecular formula is C28H35Cl2N3O4. The number of benzene rings is 2. The van der Waals surface area contributed by atoms with Crippen LogP contribution in [0, 0.1) is 6.92 Å². The Balaban J connectivity index is 1.26. The number of methoxy groups -OCH3 is 2. The summed E-state index contributed by atoms with van der Waals surface area (Å²) in [5, 5.41) is 0.998. The first-order valence-electron chi connectivity index (χ1n) is 12.5. The minimum atomic E-state index is -0.326. The van der Waals surface area contributed by atoms with E-state index in [1.807, 2.05) is 31.5 Å². The maximum atomic E-state index is 6.12. The predicted octanol–water partition coefficient (Wildman–Crippen LogP) is 6.04. The summed E-state index contributed by atoms with van der Waals surface area (Å²) in [6.45, 7) is 6.62. The summed E-state index contributed by atoms with van der Waals surface area (Å²) >= 11 is 12.1. The number of rotatable bonds is 12. The van der Waals surface area contributed by atoms with E-state index in [9.17, 15) is 0 Å². The summed E-state index contributed by atoms with van der Waals surface area (Å²) in [6, 6.07) is 11.5. The van der Waals surface area contributed by atoms with Crippen molar-refractivity contribution in [3.05, 3.63) is 70.2 Å². The summed E-state index contributed by atoms with van der Waals surface area (Å²) in [7, 11) is 3.44. The second-order valence-corrected chi connectivity index (χ2v) is 10.2. The van der Waals surface area contributed by atoms with Gasteiger partial charge in [-0.3, -0.25) is 4.90 Å². The van der Waals surface area contributed by atoms with Crippen molar-refractivity contribution in [2.24, 2.45) is 0 Å². The van der Waals surface area contributed by atoms with E-state index < -0.39 is 0 Å². The standard InChI is InChI=1S/C28H35Cl2N3O4/c1-21-31-11-15-33(21)12-4-16-36-26-8-5-22(17-27(26)34-2)19-32-13-9-28(35-3,10-14-32)20-37-23-6-7-24(29)25(30)18-23/h5-8,11,15,17-18H,4,9-10,12-14,16,19-20H2,1-3H3. The number of imidazole rings is 1. The first kappa shape index (κ1) is 27.6. The van der Waals surface area contributed by atoms with Gasteiger partial charge >= 0.3 is 0 Å². The number of halogens is 2. The molecule has 0 saturated carbocycles. The quantitative estimate of drug-likeness (QED) is 0.258. The van der Waals surface area contributed by atoms with Crippen LogP contribution in [0.25, 0.3) is 0 Å². The molecule has 200 valence electrons. The van der Waals surface area contributed by atoms with E-state index in [1.165, 1.54) is 5.56 Å². The molecule has 0 atom stereocenters. The number of nitrogens with zero attached hydrogens (tertiary/aromatic N) is 3. The van der Waals surface area contributed by atoms with Crippen molar-refractivity contribution in [2.45, 2.75) is 44.9 Å². The maximum Gasteiger partial charge on any atom is 0.161 e. The van der Waals surface area contributed by atoms with Gasteiger partial charge < -0.3 is 23.5 Å². The zero-order chi connectivity index (χ0) is 26.3. The van der Waals surface area contributed by atoms with Gasteiger partial charge in [0.15, 0.2) is 11.5 Å². The number of piperidine rings is 1. The molecule has 2 heterocycles. The highest BCUT2D eigenvalue weighted by Crippen LogP contribution is 2.32. The molecule has 3 aromatic rings. The molecule has 4 rings (SSSR count). The molecule has 7 nitrogen and oxygen atoms in total. The van der Waals surface area contributed by atoms with Gasteiger partial charge in [-0.1, -0.05) is 29.3 Å². The molecule has 0 N–H and O–H groups in total. The zero-order valence-electron chi connectivity index (χ0n) is 21.7. The second kappa shape index (κ2) is 12.9. The SMILES string of the molecule is COc1cc(CN2CCC(COc3ccc(Cl)c(Cl)c3)(OC)CC2)ccc1OCCCn1ccnc1C. The smallest absolute Gasteiger partial charge is 0.161 e. The van der Waals surface area contributed by atoms with E-state index in [2.05, 4.69) is 26.6 Å². The highest BCUT2D eigenvalue weighted by Gasteiger charge is 2.35. The third-order valence-electron chi connectivity index (χ3n) is 6.95. The molecule has 1 aliphatic heterocycles. The topological polar surface area (TPSA) is 58.0 Å². The molecular weight excluding hydrogens is 513 g/mol. The normalized spacial score (nSPS) is 15.5. The fourth-order valence-corrected chi connectivity index (χ4v) is 4.84. The van der Waals surface area contributed by atoms with Gasteiger partial charge in [-0.05, 0) is 56.0 Å². The van der Waals surface area contributed by atoms with Gasteiger partial charge in [0, 0.05) is 51.7 Å². The molecule has 9 heteroatoms. The summed E-state index contributed by atoms with van der Waals surface area (Å²) < 4.78 is 25.7. The van der Waals surface area contributed by atoms with E-state index in [0.29, 0.717) is 29.0 Å². The Morgan fingerprint density at radius 3 is 2.46 bits per heavy atom. The average Bonchev–Trinajstić information content (AvgIpc) is 3.33. The summed E-state index contributed by atoms with van der Waals surface area (Å²) in [5.74, 6) is 3.24. The Kier molecular flexibility index (Phi) is 9.60. The molecule has 0 aliphatic carbocycles. The fourth-order valence-electron chi connectivity index (χ4n) is 4.55. The molecule has 37 heavy (non-hydrogen) atoms. The lowest BCUT2D eigenvalue weighted by Crippen LogP contribution is -2.48. The zero-order valence-corrected chi connectivity index (χ0v) is 23.2. The van der Waals surface area contributed by atoms with Crippen LogP contribution in [0.2, 0.25) is 10.0 Å². The Hall–Kier alpha value is -2.45. The minimum Gasteiger partial charge on any atom is -0.493 e. The summed E-state index contributed by atoms with van der Waals surface area (Å²) in [6.07, 6.45) is 6.46. The fraction of sp³-hybridized carbons (Fsp3) is 0.464. The highest BCUT2D eigenvalue weighted by atomic mass is 35.5. The molecule has 0 amide bonds. The molecule has 1 aliphatic rings. The largest absolute Gasteiger partial charge is 0.493 e. The molecule has 0 bridgehead atoms. The van der Waals surface area contributed by atoms with Crippen molar-refractivity contribution < 1.29 is 18.9 Å². The van der Waals surface area contributed by atoms with Crippen LogP contribution < -0.4 is 14.2 Å². The minimum absolute atomic E-state index is 0.326. The number of aryl methyl sites for hydroxylation is 2. The maximum absolute atomic E-state index is 6.12. The van der Waals surface area contributed by atoms with Crippen LogP contribution in [0.5, 0.6) is 17.2 Å². The molecule has 1 fully saturated rings. The molecule has 2 aromatic carbocycles. The van der Waals surface area contributed by atoms with Crippen LogP contribution >= 0.6 is 23.2 Å². The Morgan fingerprint density at radius 2 is 1.78 bits per heavy atom. The van der Waals surface area contributed by atoms with Crippen LogP contribution in [0.3, 0.4) is 0 Å². The number of hydrogen-bond donors (Lipinski definition) is 0. The van der Waals surface area contributed by atoms with Gasteiger partial charge in [0.25, 0.3) is 0 Å². The molecule has 0 unspecified atom stereocenters. The Bertz CT molecular complexity index is 1160. The van der Waals surface area contributed by atoms with Crippen molar-refractivity contribution >= 4 is 23.2 Å². The van der Waals surface area contributed by atoms with Crippen molar-refractivity contribution in [1.82, 2.24) is 14.5 Å². The van der Waals surface area contributed by atoms with E-state index in [-0.39, 0.29) is 5.60 Å². The van der Waals surface area contributed by atoms with Gasteiger partial charge in [0.05, 0.1) is 23.8 Å². The van der Waals surface area contributed by atoms with Crippen molar-refractivity contribution in [3.8, 4) is 17.2 Å². The Labute approximate surface area is 229 Å². The van der Waals surface area contributed by atoms with Gasteiger partial charge in [0.2, 0.25) is 0 Å². The van der Waals surface area contributed by atoms with Crippen LogP contribution in [0.4, 0.5) is 0 Å². The molecule has 1 saturated heterocycles. The van der Waals surface area contributed by atoms with Crippen molar-refractivity contribution in [2.75, 3.05) is 40.5 Å². The molecule has 0 radical (unpaired) electrons. The van der Waals surface area contributed by atoms with Gasteiger partial charge in [0.1, 0.15) is 23.8 Å². The van der Waals surface area contributed by atoms with E-state index >= 15 is 0 Å². The first-order chi connectivity index (χ1) is 17.9. The van der Waals surface area contributed by atoms with Crippen LogP contribution in [0.15, 0.2) is 48.8 Å². The highest BCUT2D eigenvalue weighted by molar-refractivity contribution is 6.42. The van der Waals surface area contributed by atoms with Crippen LogP contribution in [-0.4, -0.2) is 60.6 Å². The number of ether oxygens (including phenoxy) is 4. The lowest BCUT2D eigenvalue weighted by Gasteiger charge is -2.40. The van der Waals surface area contributed by atoms with Gasteiger partial charge in [-0.25, -0.2) is 4.98 Å². The number of hydrogen-bond acceptors (Lipinski definition) is 6. The summed E-state index contributed by atoms with van der Waals surface area (Å²) in [4.78, 5) is 6.68. The van der Waals surface area contributed by atoms with E-state index in [4.69, 9.17) is 42.1 Å². The number of likely N-dealkylation sites (tertiary alicyclic amines) is 1. The third kappa shape index (κ3) is 7.32. The van der Waals surface area contributed by atoms with Gasteiger partial charge in [-0.15, -0.1) is 0 Å². The lowest BCUT2D eigenvalue weighted by atomic mass is 9.91. The molecule has 0 spiro atoms. The summed E-state index contributed by atoms with van der Waals surface area (Å²) in [5.41, 5.74) is 0.864.